The number of halogens is 1. The molecule has 1 fully saturated rings. The summed E-state index contributed by atoms with van der Waals surface area (Å²) in [5.41, 5.74) is 4.30. The lowest BCUT2D eigenvalue weighted by atomic mass is 9.75. The number of benzene rings is 2. The zero-order valence-corrected chi connectivity index (χ0v) is 26.4. The number of ether oxygens (including phenoxy) is 1. The zero-order valence-electron chi connectivity index (χ0n) is 26.4. The Bertz CT molecular complexity index is 1630. The standard InChI is InChI=1S/C35H41FN4O5/c1-5-45-33(42)31(30-28-7-6-13-38(28)20-37-30)40-19-26-25(32(40)41)17-24(18-27(26)36)23-10-8-21(9-11-23)15-22-12-14-39(34(43)44)29(16-22)35(2,3)4/h8-11,17-18,20,22,29,31H,5-7,12-16,19H2,1-4H3,(H,43,44). The summed E-state index contributed by atoms with van der Waals surface area (Å²) in [6.07, 6.45) is 4.98. The molecule has 3 aliphatic rings. The second-order valence-electron chi connectivity index (χ2n) is 13.6. The van der Waals surface area contributed by atoms with Crippen LogP contribution in [0.3, 0.4) is 0 Å². The molecule has 45 heavy (non-hydrogen) atoms. The summed E-state index contributed by atoms with van der Waals surface area (Å²) in [4.78, 5) is 46.3. The van der Waals surface area contributed by atoms with E-state index in [4.69, 9.17) is 4.74 Å². The Labute approximate surface area is 263 Å². The molecule has 1 aromatic heterocycles. The Morgan fingerprint density at radius 2 is 1.89 bits per heavy atom. The van der Waals surface area contributed by atoms with Crippen LogP contribution in [0.25, 0.3) is 11.1 Å². The van der Waals surface area contributed by atoms with Gasteiger partial charge in [-0.15, -0.1) is 0 Å². The largest absolute Gasteiger partial charge is 0.465 e. The first-order valence-electron chi connectivity index (χ1n) is 15.9. The maximum absolute atomic E-state index is 15.6. The molecule has 0 bridgehead atoms. The van der Waals surface area contributed by atoms with Crippen molar-refractivity contribution in [3.63, 3.8) is 0 Å². The molecule has 238 valence electrons. The predicted molar refractivity (Wildman–Crippen MR) is 166 cm³/mol. The quantitative estimate of drug-likeness (QED) is 0.315. The second kappa shape index (κ2) is 11.9. The molecule has 3 aliphatic heterocycles. The molecule has 2 aromatic carbocycles. The molecule has 0 saturated carbocycles. The molecule has 2 amide bonds. The van der Waals surface area contributed by atoms with Gasteiger partial charge in [-0.25, -0.2) is 19.0 Å². The molecule has 1 N–H and O–H groups in total. The predicted octanol–water partition coefficient (Wildman–Crippen LogP) is 6.24. The van der Waals surface area contributed by atoms with E-state index >= 15 is 4.39 Å². The number of hydrogen-bond donors (Lipinski definition) is 1. The maximum Gasteiger partial charge on any atom is 0.407 e. The smallest absolute Gasteiger partial charge is 0.407 e. The summed E-state index contributed by atoms with van der Waals surface area (Å²) in [6.45, 7) is 9.44. The number of hydrogen-bond acceptors (Lipinski definition) is 5. The zero-order chi connectivity index (χ0) is 32.0. The molecule has 0 aliphatic carbocycles. The van der Waals surface area contributed by atoms with Crippen LogP contribution in [-0.2, 0) is 35.5 Å². The van der Waals surface area contributed by atoms with E-state index in [1.807, 2.05) is 28.8 Å². The van der Waals surface area contributed by atoms with Crippen LogP contribution in [0.4, 0.5) is 9.18 Å². The van der Waals surface area contributed by atoms with Crippen molar-refractivity contribution in [2.24, 2.45) is 11.3 Å². The summed E-state index contributed by atoms with van der Waals surface area (Å²) in [6, 6.07) is 10.0. The van der Waals surface area contributed by atoms with E-state index in [9.17, 15) is 19.5 Å². The average molecular weight is 617 g/mol. The molecule has 3 unspecified atom stereocenters. The number of rotatable bonds is 7. The Hall–Kier alpha value is -4.21. The van der Waals surface area contributed by atoms with Gasteiger partial charge in [-0.1, -0.05) is 45.0 Å². The molecule has 0 radical (unpaired) electrons. The van der Waals surface area contributed by atoms with E-state index in [2.05, 4.69) is 25.8 Å². The van der Waals surface area contributed by atoms with Crippen molar-refractivity contribution in [1.82, 2.24) is 19.4 Å². The first kappa shape index (κ1) is 30.8. The summed E-state index contributed by atoms with van der Waals surface area (Å²) in [7, 11) is 0. The highest BCUT2D eigenvalue weighted by molar-refractivity contribution is 6.02. The van der Waals surface area contributed by atoms with Gasteiger partial charge < -0.3 is 24.2 Å². The van der Waals surface area contributed by atoms with E-state index in [-0.39, 0.29) is 35.7 Å². The molecular formula is C35H41FN4O5. The van der Waals surface area contributed by atoms with Crippen molar-refractivity contribution in [3.8, 4) is 11.1 Å². The molecular weight excluding hydrogens is 575 g/mol. The number of carboxylic acid groups (broad SMARTS) is 1. The molecule has 9 nitrogen and oxygen atoms in total. The van der Waals surface area contributed by atoms with Crippen LogP contribution in [0.15, 0.2) is 42.7 Å². The van der Waals surface area contributed by atoms with Crippen LogP contribution in [0.2, 0.25) is 0 Å². The number of esters is 1. The number of aromatic nitrogens is 2. The molecule has 3 aromatic rings. The minimum absolute atomic E-state index is 0.0365. The van der Waals surface area contributed by atoms with Crippen molar-refractivity contribution in [1.29, 1.82) is 0 Å². The van der Waals surface area contributed by atoms with Gasteiger partial charge in [0.1, 0.15) is 5.82 Å². The van der Waals surface area contributed by atoms with Crippen LogP contribution in [0.1, 0.15) is 85.9 Å². The average Bonchev–Trinajstić information content (AvgIpc) is 3.70. The van der Waals surface area contributed by atoms with E-state index in [0.29, 0.717) is 23.7 Å². The van der Waals surface area contributed by atoms with E-state index in [0.717, 1.165) is 55.5 Å². The number of fused-ring (bicyclic) bond motifs is 2. The number of aryl methyl sites for hydroxylation is 1. The number of carbonyl (C=O) groups is 3. The molecule has 10 heteroatoms. The van der Waals surface area contributed by atoms with Crippen molar-refractivity contribution >= 4 is 18.0 Å². The highest BCUT2D eigenvalue weighted by Gasteiger charge is 2.43. The van der Waals surface area contributed by atoms with Gasteiger partial charge in [0, 0.05) is 36.0 Å². The molecule has 4 heterocycles. The van der Waals surface area contributed by atoms with Gasteiger partial charge in [-0.3, -0.25) is 4.79 Å². The first-order chi connectivity index (χ1) is 21.5. The monoisotopic (exact) mass is 616 g/mol. The lowest BCUT2D eigenvalue weighted by Crippen LogP contribution is -2.51. The van der Waals surface area contributed by atoms with E-state index in [1.165, 1.54) is 11.0 Å². The van der Waals surface area contributed by atoms with Gasteiger partial charge in [0.15, 0.2) is 6.04 Å². The number of piperidine rings is 1. The van der Waals surface area contributed by atoms with Gasteiger partial charge in [0.05, 0.1) is 25.2 Å². The molecule has 0 spiro atoms. The molecule has 6 rings (SSSR count). The van der Waals surface area contributed by atoms with Crippen LogP contribution in [0.5, 0.6) is 0 Å². The van der Waals surface area contributed by atoms with Crippen LogP contribution in [0, 0.1) is 17.2 Å². The fourth-order valence-corrected chi connectivity index (χ4v) is 7.34. The lowest BCUT2D eigenvalue weighted by Gasteiger charge is -2.44. The van der Waals surface area contributed by atoms with Gasteiger partial charge in [-0.2, -0.15) is 0 Å². The fraction of sp³-hybridized carbons (Fsp3) is 0.486. The van der Waals surface area contributed by atoms with Crippen molar-refractivity contribution in [2.45, 2.75) is 85.0 Å². The van der Waals surface area contributed by atoms with Gasteiger partial charge >= 0.3 is 12.1 Å². The summed E-state index contributed by atoms with van der Waals surface area (Å²) in [5.74, 6) is -1.11. The number of nitrogens with zero attached hydrogens (tertiary/aromatic N) is 4. The van der Waals surface area contributed by atoms with Gasteiger partial charge in [0.25, 0.3) is 5.91 Å². The third kappa shape index (κ3) is 5.82. The number of amides is 2. The van der Waals surface area contributed by atoms with E-state index in [1.54, 1.807) is 24.2 Å². The summed E-state index contributed by atoms with van der Waals surface area (Å²) >= 11 is 0. The number of carbonyl (C=O) groups excluding carboxylic acids is 2. The molecule has 3 atom stereocenters. The first-order valence-corrected chi connectivity index (χ1v) is 15.9. The van der Waals surface area contributed by atoms with Crippen molar-refractivity contribution < 1.29 is 28.6 Å². The third-order valence-electron chi connectivity index (χ3n) is 9.65. The van der Waals surface area contributed by atoms with Crippen LogP contribution in [-0.4, -0.2) is 61.6 Å². The van der Waals surface area contributed by atoms with Crippen LogP contribution >= 0.6 is 0 Å². The Morgan fingerprint density at radius 1 is 1.13 bits per heavy atom. The Kier molecular flexibility index (Phi) is 8.18. The number of imidazole rings is 1. The highest BCUT2D eigenvalue weighted by Crippen LogP contribution is 2.39. The van der Waals surface area contributed by atoms with E-state index < -0.39 is 29.8 Å². The van der Waals surface area contributed by atoms with Gasteiger partial charge in [0.2, 0.25) is 0 Å². The van der Waals surface area contributed by atoms with Crippen molar-refractivity contribution in [2.75, 3.05) is 13.2 Å². The van der Waals surface area contributed by atoms with Crippen LogP contribution < -0.4 is 0 Å². The normalized spacial score (nSPS) is 20.2. The third-order valence-corrected chi connectivity index (χ3v) is 9.65. The van der Waals surface area contributed by atoms with Gasteiger partial charge in [-0.05, 0) is 79.2 Å². The minimum Gasteiger partial charge on any atom is -0.465 e. The topological polar surface area (TPSA) is 105 Å². The summed E-state index contributed by atoms with van der Waals surface area (Å²) in [5, 5.41) is 9.70. The summed E-state index contributed by atoms with van der Waals surface area (Å²) < 4.78 is 23.0. The highest BCUT2D eigenvalue weighted by atomic mass is 19.1. The van der Waals surface area contributed by atoms with Crippen molar-refractivity contribution in [3.05, 3.63) is 76.6 Å². The lowest BCUT2D eigenvalue weighted by molar-refractivity contribution is -0.149. The molecule has 1 saturated heterocycles. The second-order valence-corrected chi connectivity index (χ2v) is 13.6. The SMILES string of the molecule is CCOC(=O)C(c1ncn2c1CCC2)N1Cc2c(F)cc(-c3ccc(CC4CCN(C(=O)O)C(C(C)(C)C)C4)cc3)cc2C1=O. The maximum atomic E-state index is 15.6. The Balaban J connectivity index is 1.21. The Morgan fingerprint density at radius 3 is 2.58 bits per heavy atom. The fourth-order valence-electron chi connectivity index (χ4n) is 7.34. The number of likely N-dealkylation sites (tertiary alicyclic amines) is 1. The minimum atomic E-state index is -1.04.